The van der Waals surface area contributed by atoms with E-state index in [0.29, 0.717) is 23.8 Å². The van der Waals surface area contributed by atoms with Crippen LogP contribution in [-0.2, 0) is 4.74 Å². The maximum Gasteiger partial charge on any atom is 0.338 e. The lowest BCUT2D eigenvalue weighted by molar-refractivity contribution is 0.0353. The number of hydrogen-bond acceptors (Lipinski definition) is 4. The van der Waals surface area contributed by atoms with Crippen molar-refractivity contribution in [3.8, 4) is 0 Å². The Bertz CT molecular complexity index is 445. The molecule has 1 unspecified atom stereocenters. The number of anilines is 1. The predicted octanol–water partition coefficient (Wildman–Crippen LogP) is 2.94. The van der Waals surface area contributed by atoms with Crippen LogP contribution in [-0.4, -0.2) is 37.1 Å². The molecule has 1 saturated heterocycles. The number of carbonyl (C=O) groups excluding carboxylic acids is 1. The molecule has 0 aliphatic carbocycles. The topological polar surface area (TPSA) is 55.6 Å². The predicted molar refractivity (Wildman–Crippen MR) is 85.2 cm³/mol. The van der Waals surface area contributed by atoms with Crippen LogP contribution in [0.2, 0.25) is 0 Å². The molecule has 1 atom stereocenters. The minimum Gasteiger partial charge on any atom is -0.462 e. The van der Waals surface area contributed by atoms with Gasteiger partial charge in [0.25, 0.3) is 0 Å². The number of likely N-dealkylation sites (tertiary alicyclic amines) is 1. The smallest absolute Gasteiger partial charge is 0.338 e. The number of piperidine rings is 1. The Hall–Kier alpha value is -1.55. The van der Waals surface area contributed by atoms with Crippen LogP contribution in [0.15, 0.2) is 24.3 Å². The minimum atomic E-state index is -0.249. The Labute approximate surface area is 127 Å². The Balaban J connectivity index is 1.76. The molecule has 0 aromatic heterocycles. The Morgan fingerprint density at radius 2 is 2.14 bits per heavy atom. The normalized spacial score (nSPS) is 19.4. The van der Waals surface area contributed by atoms with E-state index >= 15 is 0 Å². The van der Waals surface area contributed by atoms with Gasteiger partial charge in [0, 0.05) is 18.2 Å². The molecule has 1 fully saturated rings. The van der Waals surface area contributed by atoms with E-state index < -0.39 is 0 Å². The first kappa shape index (κ1) is 15.8. The van der Waals surface area contributed by atoms with Crippen LogP contribution < -0.4 is 5.73 Å². The molecular weight excluding hydrogens is 264 g/mol. The summed E-state index contributed by atoms with van der Waals surface area (Å²) in [5.74, 6) is 0.217. The van der Waals surface area contributed by atoms with Crippen LogP contribution in [0.1, 0.15) is 43.0 Å². The van der Waals surface area contributed by atoms with E-state index in [9.17, 15) is 4.79 Å². The number of rotatable bonds is 6. The molecule has 4 nitrogen and oxygen atoms in total. The van der Waals surface area contributed by atoms with Crippen LogP contribution in [0, 0.1) is 5.92 Å². The van der Waals surface area contributed by atoms with E-state index in [0.717, 1.165) is 13.0 Å². The van der Waals surface area contributed by atoms with Gasteiger partial charge in [0.15, 0.2) is 0 Å². The summed E-state index contributed by atoms with van der Waals surface area (Å²) < 4.78 is 5.45. The summed E-state index contributed by atoms with van der Waals surface area (Å²) in [4.78, 5) is 14.5. The maximum absolute atomic E-state index is 12.0. The van der Waals surface area contributed by atoms with Gasteiger partial charge in [-0.15, -0.1) is 0 Å². The molecule has 0 spiro atoms. The van der Waals surface area contributed by atoms with E-state index in [4.69, 9.17) is 10.5 Å². The number of nitrogens with two attached hydrogens (primary N) is 1. The monoisotopic (exact) mass is 290 g/mol. The molecule has 1 aromatic rings. The summed E-state index contributed by atoms with van der Waals surface area (Å²) in [6.07, 6.45) is 4.83. The van der Waals surface area contributed by atoms with E-state index in [1.165, 1.54) is 32.4 Å². The minimum absolute atomic E-state index is 0.249. The van der Waals surface area contributed by atoms with E-state index in [2.05, 4.69) is 11.8 Å². The van der Waals surface area contributed by atoms with Crippen LogP contribution in [0.5, 0.6) is 0 Å². The molecule has 4 heteroatoms. The number of nitrogen functional groups attached to an aromatic ring is 1. The fourth-order valence-corrected chi connectivity index (χ4v) is 2.77. The summed E-state index contributed by atoms with van der Waals surface area (Å²) in [7, 11) is 0. The number of hydrogen-bond donors (Lipinski definition) is 1. The van der Waals surface area contributed by atoms with Crippen LogP contribution in [0.25, 0.3) is 0 Å². The third-order valence-corrected chi connectivity index (χ3v) is 4.03. The largest absolute Gasteiger partial charge is 0.462 e. The first-order valence-corrected chi connectivity index (χ1v) is 7.94. The third-order valence-electron chi connectivity index (χ3n) is 4.03. The van der Waals surface area contributed by atoms with Crippen molar-refractivity contribution in [1.82, 2.24) is 4.90 Å². The molecule has 2 rings (SSSR count). The zero-order valence-electron chi connectivity index (χ0n) is 12.9. The lowest BCUT2D eigenvalue weighted by Gasteiger charge is -2.32. The van der Waals surface area contributed by atoms with Crippen molar-refractivity contribution in [2.24, 2.45) is 5.92 Å². The highest BCUT2D eigenvalue weighted by atomic mass is 16.5. The lowest BCUT2D eigenvalue weighted by Crippen LogP contribution is -2.38. The van der Waals surface area contributed by atoms with Gasteiger partial charge in [0.05, 0.1) is 12.2 Å². The number of ether oxygens (including phenoxy) is 1. The van der Waals surface area contributed by atoms with Crippen LogP contribution >= 0.6 is 0 Å². The molecule has 0 bridgehead atoms. The van der Waals surface area contributed by atoms with Crippen LogP contribution in [0.4, 0.5) is 5.69 Å². The number of unbranched alkanes of at least 4 members (excludes halogenated alkanes) is 1. The standard InChI is InChI=1S/C17H26N2O2/c1-2-3-10-19-11-4-5-14(12-19)13-21-17(20)15-6-8-16(18)9-7-15/h6-9,14H,2-5,10-13,18H2,1H3. The van der Waals surface area contributed by atoms with Gasteiger partial charge in [-0.05, 0) is 56.6 Å². The molecule has 0 saturated carbocycles. The number of carbonyl (C=O) groups is 1. The zero-order chi connectivity index (χ0) is 15.1. The van der Waals surface area contributed by atoms with E-state index in [1.54, 1.807) is 24.3 Å². The molecule has 0 radical (unpaired) electrons. The number of benzene rings is 1. The van der Waals surface area contributed by atoms with Gasteiger partial charge in [0.2, 0.25) is 0 Å². The average molecular weight is 290 g/mol. The number of esters is 1. The van der Waals surface area contributed by atoms with Crippen LogP contribution in [0.3, 0.4) is 0 Å². The fraction of sp³-hybridized carbons (Fsp3) is 0.588. The molecule has 1 aliphatic heterocycles. The van der Waals surface area contributed by atoms with E-state index in [-0.39, 0.29) is 5.97 Å². The maximum atomic E-state index is 12.0. The lowest BCUT2D eigenvalue weighted by atomic mass is 9.99. The third kappa shape index (κ3) is 5.05. The van der Waals surface area contributed by atoms with Crippen molar-refractivity contribution in [3.05, 3.63) is 29.8 Å². The van der Waals surface area contributed by atoms with Crippen molar-refractivity contribution in [1.29, 1.82) is 0 Å². The van der Waals surface area contributed by atoms with E-state index in [1.807, 2.05) is 0 Å². The molecule has 1 aromatic carbocycles. The molecular formula is C17H26N2O2. The average Bonchev–Trinajstić information content (AvgIpc) is 2.52. The van der Waals surface area contributed by atoms with Gasteiger partial charge < -0.3 is 15.4 Å². The second kappa shape index (κ2) is 8.03. The Kier molecular flexibility index (Phi) is 6.05. The van der Waals surface area contributed by atoms with Gasteiger partial charge >= 0.3 is 5.97 Å². The number of nitrogens with zero attached hydrogens (tertiary/aromatic N) is 1. The summed E-state index contributed by atoms with van der Waals surface area (Å²) in [5.41, 5.74) is 6.85. The van der Waals surface area contributed by atoms with Gasteiger partial charge in [-0.3, -0.25) is 0 Å². The molecule has 116 valence electrons. The second-order valence-corrected chi connectivity index (χ2v) is 5.88. The van der Waals surface area contributed by atoms with Crippen molar-refractivity contribution >= 4 is 11.7 Å². The van der Waals surface area contributed by atoms with Crippen molar-refractivity contribution in [2.75, 3.05) is 32.0 Å². The molecule has 21 heavy (non-hydrogen) atoms. The fourth-order valence-electron chi connectivity index (χ4n) is 2.77. The zero-order valence-corrected chi connectivity index (χ0v) is 12.9. The summed E-state index contributed by atoms with van der Waals surface area (Å²) in [6.45, 7) is 6.14. The molecule has 2 N–H and O–H groups in total. The molecule has 1 heterocycles. The summed E-state index contributed by atoms with van der Waals surface area (Å²) >= 11 is 0. The highest BCUT2D eigenvalue weighted by Gasteiger charge is 2.21. The van der Waals surface area contributed by atoms with Crippen molar-refractivity contribution in [2.45, 2.75) is 32.6 Å². The Morgan fingerprint density at radius 3 is 2.86 bits per heavy atom. The Morgan fingerprint density at radius 1 is 1.38 bits per heavy atom. The highest BCUT2D eigenvalue weighted by Crippen LogP contribution is 2.18. The van der Waals surface area contributed by atoms with Crippen molar-refractivity contribution < 1.29 is 9.53 Å². The molecule has 0 amide bonds. The van der Waals surface area contributed by atoms with Gasteiger partial charge in [-0.1, -0.05) is 13.3 Å². The summed E-state index contributed by atoms with van der Waals surface area (Å²) in [6, 6.07) is 6.88. The highest BCUT2D eigenvalue weighted by molar-refractivity contribution is 5.89. The molecule has 1 aliphatic rings. The summed E-state index contributed by atoms with van der Waals surface area (Å²) in [5, 5.41) is 0. The van der Waals surface area contributed by atoms with Gasteiger partial charge in [0.1, 0.15) is 0 Å². The quantitative estimate of drug-likeness (QED) is 0.646. The van der Waals surface area contributed by atoms with Gasteiger partial charge in [-0.25, -0.2) is 4.79 Å². The van der Waals surface area contributed by atoms with Crippen molar-refractivity contribution in [3.63, 3.8) is 0 Å². The van der Waals surface area contributed by atoms with Gasteiger partial charge in [-0.2, -0.15) is 0 Å². The first-order chi connectivity index (χ1) is 10.2. The second-order valence-electron chi connectivity index (χ2n) is 5.88. The SMILES string of the molecule is CCCCN1CCCC(COC(=O)c2ccc(N)cc2)C1. The first-order valence-electron chi connectivity index (χ1n) is 7.94.